The van der Waals surface area contributed by atoms with Gasteiger partial charge in [0.15, 0.2) is 0 Å². The fourth-order valence-corrected chi connectivity index (χ4v) is 3.97. The molecule has 1 aromatic carbocycles. The summed E-state index contributed by atoms with van der Waals surface area (Å²) in [6, 6.07) is 9.11. The zero-order valence-electron chi connectivity index (χ0n) is 13.7. The van der Waals surface area contributed by atoms with Crippen molar-refractivity contribution in [2.45, 2.75) is 64.8 Å². The Morgan fingerprint density at radius 3 is 2.76 bits per heavy atom. The van der Waals surface area contributed by atoms with Crippen LogP contribution in [0, 0.1) is 11.8 Å². The van der Waals surface area contributed by atoms with Crippen LogP contribution in [0.25, 0.3) is 0 Å². The third-order valence-electron chi connectivity index (χ3n) is 4.86. The first-order valence-electron chi connectivity index (χ1n) is 8.59. The van der Waals surface area contributed by atoms with Gasteiger partial charge in [-0.15, -0.1) is 0 Å². The largest absolute Gasteiger partial charge is 0.314 e. The Bertz CT molecular complexity index is 429. The van der Waals surface area contributed by atoms with Gasteiger partial charge in [-0.05, 0) is 54.8 Å². The summed E-state index contributed by atoms with van der Waals surface area (Å²) in [4.78, 5) is 0. The van der Waals surface area contributed by atoms with Crippen molar-refractivity contribution in [2.24, 2.45) is 11.8 Å². The second kappa shape index (κ2) is 8.19. The van der Waals surface area contributed by atoms with Gasteiger partial charge in [0, 0.05) is 11.1 Å². The highest BCUT2D eigenvalue weighted by atomic mass is 35.5. The molecule has 1 aromatic rings. The summed E-state index contributed by atoms with van der Waals surface area (Å²) in [6.45, 7) is 7.91. The van der Waals surface area contributed by atoms with Crippen LogP contribution in [0.2, 0.25) is 5.02 Å². The molecule has 21 heavy (non-hydrogen) atoms. The minimum Gasteiger partial charge on any atom is -0.314 e. The molecule has 1 aliphatic carbocycles. The average molecular weight is 308 g/mol. The lowest BCUT2D eigenvalue weighted by Gasteiger charge is -2.37. The summed E-state index contributed by atoms with van der Waals surface area (Å²) in [5, 5.41) is 4.52. The molecule has 0 amide bonds. The van der Waals surface area contributed by atoms with E-state index >= 15 is 0 Å². The molecule has 1 nitrogen and oxygen atoms in total. The number of benzene rings is 1. The monoisotopic (exact) mass is 307 g/mol. The Morgan fingerprint density at radius 1 is 1.29 bits per heavy atom. The van der Waals surface area contributed by atoms with Gasteiger partial charge in [0.25, 0.3) is 0 Å². The van der Waals surface area contributed by atoms with Crippen LogP contribution in [-0.2, 0) is 0 Å². The molecule has 0 aliphatic heterocycles. The van der Waals surface area contributed by atoms with Gasteiger partial charge in [0.1, 0.15) is 0 Å². The summed E-state index contributed by atoms with van der Waals surface area (Å²) >= 11 is 6.22. The Balaban J connectivity index is 2.11. The first-order valence-corrected chi connectivity index (χ1v) is 8.96. The van der Waals surface area contributed by atoms with Crippen molar-refractivity contribution in [2.75, 3.05) is 6.54 Å². The van der Waals surface area contributed by atoms with E-state index in [1.165, 1.54) is 37.7 Å². The average Bonchev–Trinajstić information content (AvgIpc) is 2.46. The van der Waals surface area contributed by atoms with Crippen molar-refractivity contribution < 1.29 is 0 Å². The lowest BCUT2D eigenvalue weighted by atomic mass is 9.70. The number of rotatable bonds is 6. The molecular weight excluding hydrogens is 278 g/mol. The van der Waals surface area contributed by atoms with E-state index in [0.29, 0.717) is 12.0 Å². The van der Waals surface area contributed by atoms with Gasteiger partial charge >= 0.3 is 0 Å². The van der Waals surface area contributed by atoms with Gasteiger partial charge in [-0.3, -0.25) is 0 Å². The second-order valence-corrected chi connectivity index (χ2v) is 7.39. The molecule has 0 bridgehead atoms. The van der Waals surface area contributed by atoms with Crippen molar-refractivity contribution in [1.29, 1.82) is 0 Å². The number of hydrogen-bond acceptors (Lipinski definition) is 1. The Kier molecular flexibility index (Phi) is 6.57. The smallest absolute Gasteiger partial charge is 0.0408 e. The molecule has 1 fully saturated rings. The van der Waals surface area contributed by atoms with Crippen molar-refractivity contribution in [1.82, 2.24) is 5.32 Å². The van der Waals surface area contributed by atoms with Crippen molar-refractivity contribution in [3.05, 3.63) is 34.9 Å². The molecule has 3 unspecified atom stereocenters. The summed E-state index contributed by atoms with van der Waals surface area (Å²) < 4.78 is 0. The van der Waals surface area contributed by atoms with Crippen molar-refractivity contribution in [3.8, 4) is 0 Å². The lowest BCUT2D eigenvalue weighted by molar-refractivity contribution is 0.217. The standard InChI is InChI=1S/C19H30ClN/c1-4-6-15-9-10-17(13-21-14(2)3)19(11-15)16-7-5-8-18(20)12-16/h5,7-8,12,14-15,17,19,21H,4,6,9-11,13H2,1-3H3. The molecule has 1 N–H and O–H groups in total. The van der Waals surface area contributed by atoms with E-state index in [1.807, 2.05) is 6.07 Å². The van der Waals surface area contributed by atoms with E-state index in [0.717, 1.165) is 23.4 Å². The summed E-state index contributed by atoms with van der Waals surface area (Å²) in [7, 11) is 0. The predicted octanol–water partition coefficient (Wildman–Crippen LogP) is 5.64. The zero-order chi connectivity index (χ0) is 15.2. The molecule has 2 rings (SSSR count). The third-order valence-corrected chi connectivity index (χ3v) is 5.10. The quantitative estimate of drug-likeness (QED) is 0.717. The maximum Gasteiger partial charge on any atom is 0.0408 e. The fourth-order valence-electron chi connectivity index (χ4n) is 3.77. The minimum atomic E-state index is 0.568. The SMILES string of the molecule is CCCC1CCC(CNC(C)C)C(c2cccc(Cl)c2)C1. The highest BCUT2D eigenvalue weighted by molar-refractivity contribution is 6.30. The Hall–Kier alpha value is -0.530. The molecule has 0 saturated heterocycles. The lowest BCUT2D eigenvalue weighted by Crippen LogP contribution is -2.35. The molecular formula is C19H30ClN. The van der Waals surface area contributed by atoms with E-state index < -0.39 is 0 Å². The van der Waals surface area contributed by atoms with E-state index in [1.54, 1.807) is 0 Å². The Labute approximate surface area is 135 Å². The van der Waals surface area contributed by atoms with Gasteiger partial charge in [-0.1, -0.05) is 63.8 Å². The normalized spacial score (nSPS) is 26.2. The maximum absolute atomic E-state index is 6.22. The molecule has 3 atom stereocenters. The highest BCUT2D eigenvalue weighted by Gasteiger charge is 2.31. The number of nitrogens with one attached hydrogen (secondary N) is 1. The van der Waals surface area contributed by atoms with E-state index in [-0.39, 0.29) is 0 Å². The van der Waals surface area contributed by atoms with E-state index in [2.05, 4.69) is 44.3 Å². The third kappa shape index (κ3) is 5.00. The molecule has 1 aliphatic rings. The Morgan fingerprint density at radius 2 is 2.10 bits per heavy atom. The number of halogens is 1. The van der Waals surface area contributed by atoms with Crippen LogP contribution in [0.3, 0.4) is 0 Å². The molecule has 0 spiro atoms. The van der Waals surface area contributed by atoms with Crippen LogP contribution in [0.5, 0.6) is 0 Å². The van der Waals surface area contributed by atoms with Gasteiger partial charge in [0.05, 0.1) is 0 Å². The molecule has 118 valence electrons. The van der Waals surface area contributed by atoms with Crippen molar-refractivity contribution >= 4 is 11.6 Å². The molecule has 2 heteroatoms. The topological polar surface area (TPSA) is 12.0 Å². The molecule has 0 heterocycles. The zero-order valence-corrected chi connectivity index (χ0v) is 14.5. The van der Waals surface area contributed by atoms with Crippen LogP contribution < -0.4 is 5.32 Å². The predicted molar refractivity (Wildman–Crippen MR) is 93.1 cm³/mol. The van der Waals surface area contributed by atoms with Gasteiger partial charge in [0.2, 0.25) is 0 Å². The first kappa shape index (κ1) is 16.8. The minimum absolute atomic E-state index is 0.568. The van der Waals surface area contributed by atoms with Crippen molar-refractivity contribution in [3.63, 3.8) is 0 Å². The fraction of sp³-hybridized carbons (Fsp3) is 0.684. The highest BCUT2D eigenvalue weighted by Crippen LogP contribution is 2.42. The molecule has 0 aromatic heterocycles. The first-order chi connectivity index (χ1) is 10.1. The second-order valence-electron chi connectivity index (χ2n) is 6.95. The van der Waals surface area contributed by atoms with Crippen LogP contribution >= 0.6 is 11.6 Å². The number of hydrogen-bond donors (Lipinski definition) is 1. The van der Waals surface area contributed by atoms with Crippen LogP contribution in [0.1, 0.15) is 64.4 Å². The van der Waals surface area contributed by atoms with Gasteiger partial charge in [-0.25, -0.2) is 0 Å². The van der Waals surface area contributed by atoms with Crippen LogP contribution in [0.4, 0.5) is 0 Å². The van der Waals surface area contributed by atoms with E-state index in [4.69, 9.17) is 11.6 Å². The summed E-state index contributed by atoms with van der Waals surface area (Å²) in [6.07, 6.45) is 6.76. The molecule has 0 radical (unpaired) electrons. The van der Waals surface area contributed by atoms with Crippen LogP contribution in [0.15, 0.2) is 24.3 Å². The molecule has 1 saturated carbocycles. The van der Waals surface area contributed by atoms with Crippen LogP contribution in [-0.4, -0.2) is 12.6 Å². The summed E-state index contributed by atoms with van der Waals surface area (Å²) in [5.74, 6) is 2.31. The maximum atomic E-state index is 6.22. The van der Waals surface area contributed by atoms with E-state index in [9.17, 15) is 0 Å². The van der Waals surface area contributed by atoms with Gasteiger partial charge < -0.3 is 5.32 Å². The summed E-state index contributed by atoms with van der Waals surface area (Å²) in [5.41, 5.74) is 1.44. The van der Waals surface area contributed by atoms with Gasteiger partial charge in [-0.2, -0.15) is 0 Å².